The summed E-state index contributed by atoms with van der Waals surface area (Å²) >= 11 is 0. The fourth-order valence-electron chi connectivity index (χ4n) is 3.34. The van der Waals surface area contributed by atoms with Gasteiger partial charge in [0.05, 0.1) is 18.0 Å². The highest BCUT2D eigenvalue weighted by Gasteiger charge is 2.25. The Labute approximate surface area is 172 Å². The maximum absolute atomic E-state index is 12.9. The molecule has 0 aliphatic carbocycles. The summed E-state index contributed by atoms with van der Waals surface area (Å²) in [4.78, 5) is 4.67. The van der Waals surface area contributed by atoms with Crippen molar-refractivity contribution in [2.24, 2.45) is 10.7 Å². The Morgan fingerprint density at radius 1 is 1.14 bits per heavy atom. The van der Waals surface area contributed by atoms with Gasteiger partial charge in [-0.2, -0.15) is 4.31 Å². The van der Waals surface area contributed by atoms with Crippen LogP contribution in [-0.2, 0) is 27.9 Å². The number of rotatable bonds is 7. The van der Waals surface area contributed by atoms with E-state index >= 15 is 0 Å². The van der Waals surface area contributed by atoms with Crippen LogP contribution < -0.4 is 11.1 Å². The minimum absolute atomic E-state index is 0.262. The molecule has 1 aliphatic rings. The van der Waals surface area contributed by atoms with Crippen molar-refractivity contribution in [1.82, 2.24) is 4.31 Å². The molecule has 0 radical (unpaired) electrons. The Hall–Kier alpha value is -2.42. The van der Waals surface area contributed by atoms with Gasteiger partial charge in [-0.15, -0.1) is 0 Å². The van der Waals surface area contributed by atoms with Gasteiger partial charge >= 0.3 is 0 Å². The Bertz CT molecular complexity index is 954. The average molecular weight is 417 g/mol. The molecule has 156 valence electrons. The molecule has 0 amide bonds. The molecule has 29 heavy (non-hydrogen) atoms. The molecule has 1 aliphatic heterocycles. The van der Waals surface area contributed by atoms with Gasteiger partial charge in [0.2, 0.25) is 10.0 Å². The summed E-state index contributed by atoms with van der Waals surface area (Å²) in [5, 5.41) is 3.08. The van der Waals surface area contributed by atoms with E-state index in [-0.39, 0.29) is 12.5 Å². The van der Waals surface area contributed by atoms with Crippen LogP contribution in [0.3, 0.4) is 0 Å². The highest BCUT2D eigenvalue weighted by molar-refractivity contribution is 7.89. The Balaban J connectivity index is 1.70. The zero-order chi connectivity index (χ0) is 20.7. The molecule has 0 aromatic heterocycles. The third-order valence-corrected chi connectivity index (χ3v) is 6.76. The third-order valence-electron chi connectivity index (χ3n) is 4.86. The number of nitrogens with two attached hydrogens (primary N) is 1. The van der Waals surface area contributed by atoms with Gasteiger partial charge in [0.1, 0.15) is 0 Å². The van der Waals surface area contributed by atoms with Gasteiger partial charge in [0.15, 0.2) is 5.96 Å². The predicted octanol–water partition coefficient (Wildman–Crippen LogP) is 2.93. The molecule has 7 nitrogen and oxygen atoms in total. The summed E-state index contributed by atoms with van der Waals surface area (Å²) in [7, 11) is -1.82. The standard InChI is InChI=1S/C21H28N4O3S/c1-28-16-18-9-3-4-11-20(18)24-21(22)23-15-17-8-7-10-19(14-17)29(26,27)25-12-5-2-6-13-25/h3-4,7-11,14H,2,5-6,12-13,15-16H2,1H3,(H3,22,23,24). The van der Waals surface area contributed by atoms with E-state index in [1.165, 1.54) is 0 Å². The normalized spacial score (nSPS) is 16.0. The summed E-state index contributed by atoms with van der Waals surface area (Å²) in [6.45, 7) is 1.92. The monoisotopic (exact) mass is 416 g/mol. The molecule has 1 heterocycles. The van der Waals surface area contributed by atoms with Gasteiger partial charge in [-0.3, -0.25) is 0 Å². The molecule has 3 rings (SSSR count). The molecule has 0 unspecified atom stereocenters. The fraction of sp³-hybridized carbons (Fsp3) is 0.381. The van der Waals surface area contributed by atoms with E-state index in [2.05, 4.69) is 10.3 Å². The largest absolute Gasteiger partial charge is 0.380 e. The number of anilines is 1. The summed E-state index contributed by atoms with van der Waals surface area (Å²) in [5.41, 5.74) is 8.63. The van der Waals surface area contributed by atoms with Crippen molar-refractivity contribution in [3.8, 4) is 0 Å². The molecular weight excluding hydrogens is 388 g/mol. The van der Waals surface area contributed by atoms with Crippen molar-refractivity contribution in [2.45, 2.75) is 37.3 Å². The Morgan fingerprint density at radius 2 is 1.90 bits per heavy atom. The van der Waals surface area contributed by atoms with Crippen LogP contribution in [0.5, 0.6) is 0 Å². The van der Waals surface area contributed by atoms with Gasteiger partial charge < -0.3 is 15.8 Å². The van der Waals surface area contributed by atoms with Crippen molar-refractivity contribution >= 4 is 21.7 Å². The number of hydrogen-bond acceptors (Lipinski definition) is 4. The van der Waals surface area contributed by atoms with E-state index in [0.29, 0.717) is 24.6 Å². The maximum atomic E-state index is 12.9. The van der Waals surface area contributed by atoms with Crippen molar-refractivity contribution in [1.29, 1.82) is 0 Å². The Morgan fingerprint density at radius 3 is 2.66 bits per heavy atom. The van der Waals surface area contributed by atoms with Crippen molar-refractivity contribution < 1.29 is 13.2 Å². The number of ether oxygens (including phenoxy) is 1. The first-order chi connectivity index (χ1) is 14.0. The summed E-state index contributed by atoms with van der Waals surface area (Å²) in [5.74, 6) is 0.262. The topological polar surface area (TPSA) is 97.0 Å². The van der Waals surface area contributed by atoms with E-state index in [1.54, 1.807) is 29.6 Å². The molecule has 8 heteroatoms. The van der Waals surface area contributed by atoms with Crippen molar-refractivity contribution in [2.75, 3.05) is 25.5 Å². The zero-order valence-corrected chi connectivity index (χ0v) is 17.5. The second kappa shape index (κ2) is 9.87. The number of aliphatic imine (C=N–C) groups is 1. The number of nitrogens with zero attached hydrogens (tertiary/aromatic N) is 2. The van der Waals surface area contributed by atoms with Crippen LogP contribution >= 0.6 is 0 Å². The average Bonchev–Trinajstić information content (AvgIpc) is 2.75. The zero-order valence-electron chi connectivity index (χ0n) is 16.7. The molecule has 3 N–H and O–H groups in total. The molecule has 0 saturated carbocycles. The first-order valence-electron chi connectivity index (χ1n) is 9.73. The molecule has 1 fully saturated rings. The van der Waals surface area contributed by atoms with E-state index in [4.69, 9.17) is 10.5 Å². The van der Waals surface area contributed by atoms with E-state index in [1.807, 2.05) is 30.3 Å². The number of para-hydroxylation sites is 1. The predicted molar refractivity (Wildman–Crippen MR) is 115 cm³/mol. The van der Waals surface area contributed by atoms with Crippen LogP contribution in [0.1, 0.15) is 30.4 Å². The first kappa shape index (κ1) is 21.3. The van der Waals surface area contributed by atoms with E-state index < -0.39 is 10.0 Å². The number of benzene rings is 2. The SMILES string of the molecule is COCc1ccccc1NC(N)=NCc1cccc(S(=O)(=O)N2CCCCC2)c1. The van der Waals surface area contributed by atoms with E-state index in [9.17, 15) is 8.42 Å². The second-order valence-electron chi connectivity index (χ2n) is 7.03. The highest BCUT2D eigenvalue weighted by atomic mass is 32.2. The molecular formula is C21H28N4O3S. The highest BCUT2D eigenvalue weighted by Crippen LogP contribution is 2.21. The van der Waals surface area contributed by atoms with Crippen molar-refractivity contribution in [3.05, 3.63) is 59.7 Å². The van der Waals surface area contributed by atoms with Crippen molar-refractivity contribution in [3.63, 3.8) is 0 Å². The van der Waals surface area contributed by atoms with Gasteiger partial charge in [-0.05, 0) is 36.6 Å². The lowest BCUT2D eigenvalue weighted by molar-refractivity contribution is 0.185. The number of sulfonamides is 1. The van der Waals surface area contributed by atoms with Gasteiger partial charge in [-0.25, -0.2) is 13.4 Å². The minimum Gasteiger partial charge on any atom is -0.380 e. The lowest BCUT2D eigenvalue weighted by Crippen LogP contribution is -2.35. The summed E-state index contributed by atoms with van der Waals surface area (Å²) in [6, 6.07) is 14.6. The fourth-order valence-corrected chi connectivity index (χ4v) is 4.92. The molecule has 2 aromatic rings. The second-order valence-corrected chi connectivity index (χ2v) is 8.97. The van der Waals surface area contributed by atoms with Gasteiger partial charge in [0, 0.05) is 31.5 Å². The van der Waals surface area contributed by atoms with Crippen LogP contribution in [0.25, 0.3) is 0 Å². The van der Waals surface area contributed by atoms with Crippen LogP contribution in [0, 0.1) is 0 Å². The van der Waals surface area contributed by atoms with Gasteiger partial charge in [0.25, 0.3) is 0 Å². The smallest absolute Gasteiger partial charge is 0.243 e. The Kier molecular flexibility index (Phi) is 7.24. The van der Waals surface area contributed by atoms with Crippen LogP contribution in [0.15, 0.2) is 58.4 Å². The minimum atomic E-state index is -3.46. The van der Waals surface area contributed by atoms with E-state index in [0.717, 1.165) is 36.1 Å². The summed E-state index contributed by atoms with van der Waals surface area (Å²) in [6.07, 6.45) is 2.91. The molecule has 2 aromatic carbocycles. The molecule has 0 bridgehead atoms. The number of guanidine groups is 1. The molecule has 1 saturated heterocycles. The lowest BCUT2D eigenvalue weighted by Gasteiger charge is -2.26. The van der Waals surface area contributed by atoms with Crippen LogP contribution in [-0.4, -0.2) is 38.9 Å². The summed E-state index contributed by atoms with van der Waals surface area (Å²) < 4.78 is 32.5. The quantitative estimate of drug-likeness (QED) is 0.534. The third kappa shape index (κ3) is 5.56. The molecule has 0 atom stereocenters. The van der Waals surface area contributed by atoms with Crippen LogP contribution in [0.4, 0.5) is 5.69 Å². The van der Waals surface area contributed by atoms with Crippen LogP contribution in [0.2, 0.25) is 0 Å². The molecule has 0 spiro atoms. The number of nitrogens with one attached hydrogen (secondary N) is 1. The number of hydrogen-bond donors (Lipinski definition) is 2. The maximum Gasteiger partial charge on any atom is 0.243 e. The first-order valence-corrected chi connectivity index (χ1v) is 11.2. The lowest BCUT2D eigenvalue weighted by atomic mass is 10.2. The number of methoxy groups -OCH3 is 1. The number of piperidine rings is 1. The van der Waals surface area contributed by atoms with Gasteiger partial charge in [-0.1, -0.05) is 36.8 Å².